The third-order valence-electron chi connectivity index (χ3n) is 1.12. The molecule has 0 aliphatic rings. The molecule has 9 heavy (non-hydrogen) atoms. The molecule has 0 aromatic heterocycles. The minimum Gasteiger partial charge on any atom is -0.481 e. The smallest absolute Gasteiger partial charge is 0.303 e. The van der Waals surface area contributed by atoms with Gasteiger partial charge >= 0.3 is 5.97 Å². The molecule has 3 heteroatoms. The van der Waals surface area contributed by atoms with Crippen LogP contribution in [0.5, 0.6) is 0 Å². The molecule has 0 amide bonds. The van der Waals surface area contributed by atoms with Crippen molar-refractivity contribution in [2.24, 2.45) is 5.92 Å². The maximum Gasteiger partial charge on any atom is 0.303 e. The zero-order valence-electron chi connectivity index (χ0n) is 5.43. The fraction of sp³-hybridized carbons (Fsp3) is 0.833. The standard InChI is InChI=1S/C6H11BrO2/c1-5(2-3-7)4-6(8)9/h5H,2-4H2,1H3,(H,8,9)/t5-/m1/s1. The average molecular weight is 195 g/mol. The first-order valence-electron chi connectivity index (χ1n) is 2.94. The number of halogens is 1. The van der Waals surface area contributed by atoms with Crippen LogP contribution in [0.25, 0.3) is 0 Å². The van der Waals surface area contributed by atoms with Gasteiger partial charge in [-0.3, -0.25) is 4.79 Å². The number of carboxylic acids is 1. The van der Waals surface area contributed by atoms with Crippen LogP contribution >= 0.6 is 15.9 Å². The lowest BCUT2D eigenvalue weighted by atomic mass is 10.1. The second-order valence-corrected chi connectivity index (χ2v) is 2.97. The summed E-state index contributed by atoms with van der Waals surface area (Å²) < 4.78 is 0. The molecule has 0 radical (unpaired) electrons. The first kappa shape index (κ1) is 8.95. The molecular formula is C6H11BrO2. The fourth-order valence-electron chi connectivity index (χ4n) is 0.586. The van der Waals surface area contributed by atoms with E-state index in [9.17, 15) is 4.79 Å². The molecule has 0 aliphatic heterocycles. The highest BCUT2D eigenvalue weighted by Crippen LogP contribution is 2.08. The van der Waals surface area contributed by atoms with Gasteiger partial charge < -0.3 is 5.11 Å². The quantitative estimate of drug-likeness (QED) is 0.695. The van der Waals surface area contributed by atoms with E-state index in [1.807, 2.05) is 6.92 Å². The summed E-state index contributed by atoms with van der Waals surface area (Å²) in [5.74, 6) is -0.412. The van der Waals surface area contributed by atoms with Crippen LogP contribution in [0.2, 0.25) is 0 Å². The van der Waals surface area contributed by atoms with E-state index >= 15 is 0 Å². The molecule has 2 nitrogen and oxygen atoms in total. The summed E-state index contributed by atoms with van der Waals surface area (Å²) in [6.07, 6.45) is 1.22. The summed E-state index contributed by atoms with van der Waals surface area (Å²) in [4.78, 5) is 10.1. The Morgan fingerprint density at radius 1 is 1.78 bits per heavy atom. The number of hydrogen-bond acceptors (Lipinski definition) is 1. The van der Waals surface area contributed by atoms with E-state index in [-0.39, 0.29) is 6.42 Å². The Kier molecular flexibility index (Phi) is 4.77. The highest BCUT2D eigenvalue weighted by atomic mass is 79.9. The normalized spacial score (nSPS) is 13.1. The van der Waals surface area contributed by atoms with Crippen LogP contribution in [-0.4, -0.2) is 16.4 Å². The van der Waals surface area contributed by atoms with Gasteiger partial charge in [-0.25, -0.2) is 0 Å². The summed E-state index contributed by atoms with van der Waals surface area (Å²) in [6, 6.07) is 0. The van der Waals surface area contributed by atoms with E-state index in [1.165, 1.54) is 0 Å². The molecule has 0 heterocycles. The van der Waals surface area contributed by atoms with Crippen LogP contribution in [0.3, 0.4) is 0 Å². The monoisotopic (exact) mass is 194 g/mol. The van der Waals surface area contributed by atoms with Gasteiger partial charge in [0.25, 0.3) is 0 Å². The van der Waals surface area contributed by atoms with Gasteiger partial charge in [-0.05, 0) is 12.3 Å². The zero-order valence-corrected chi connectivity index (χ0v) is 7.02. The fourth-order valence-corrected chi connectivity index (χ4v) is 1.37. The predicted octanol–water partition coefficient (Wildman–Crippen LogP) is 1.88. The van der Waals surface area contributed by atoms with Crippen molar-refractivity contribution >= 4 is 21.9 Å². The Morgan fingerprint density at radius 2 is 2.33 bits per heavy atom. The Morgan fingerprint density at radius 3 is 2.67 bits per heavy atom. The van der Waals surface area contributed by atoms with Crippen LogP contribution in [-0.2, 0) is 4.79 Å². The van der Waals surface area contributed by atoms with Crippen molar-refractivity contribution in [1.29, 1.82) is 0 Å². The van der Waals surface area contributed by atoms with Crippen molar-refractivity contribution in [2.45, 2.75) is 19.8 Å². The molecule has 54 valence electrons. The van der Waals surface area contributed by atoms with Crippen LogP contribution in [0.4, 0.5) is 0 Å². The average Bonchev–Trinajstić information content (AvgIpc) is 1.63. The van der Waals surface area contributed by atoms with Crippen LogP contribution < -0.4 is 0 Å². The van der Waals surface area contributed by atoms with Gasteiger partial charge in [0.2, 0.25) is 0 Å². The van der Waals surface area contributed by atoms with E-state index in [4.69, 9.17) is 5.11 Å². The topological polar surface area (TPSA) is 37.3 Å². The Hall–Kier alpha value is -0.0500. The largest absolute Gasteiger partial charge is 0.481 e. The first-order chi connectivity index (χ1) is 4.16. The van der Waals surface area contributed by atoms with Crippen molar-refractivity contribution in [3.63, 3.8) is 0 Å². The number of hydrogen-bond donors (Lipinski definition) is 1. The van der Waals surface area contributed by atoms with E-state index in [2.05, 4.69) is 15.9 Å². The zero-order chi connectivity index (χ0) is 7.28. The van der Waals surface area contributed by atoms with Gasteiger partial charge in [0.15, 0.2) is 0 Å². The van der Waals surface area contributed by atoms with Gasteiger partial charge in [-0.1, -0.05) is 22.9 Å². The van der Waals surface area contributed by atoms with E-state index in [0.29, 0.717) is 5.92 Å². The van der Waals surface area contributed by atoms with Crippen LogP contribution in [0.1, 0.15) is 19.8 Å². The maximum atomic E-state index is 10.1. The molecule has 1 N–H and O–H groups in total. The van der Waals surface area contributed by atoms with Gasteiger partial charge in [-0.15, -0.1) is 0 Å². The van der Waals surface area contributed by atoms with Crippen LogP contribution in [0, 0.1) is 5.92 Å². The lowest BCUT2D eigenvalue weighted by Gasteiger charge is -2.03. The van der Waals surface area contributed by atoms with Crippen LogP contribution in [0.15, 0.2) is 0 Å². The predicted molar refractivity (Wildman–Crippen MR) is 39.8 cm³/mol. The molecule has 1 atom stereocenters. The summed E-state index contributed by atoms with van der Waals surface area (Å²) >= 11 is 3.25. The number of alkyl halides is 1. The SMILES string of the molecule is C[C@H](CCBr)CC(=O)O. The molecule has 0 unspecified atom stereocenters. The molecule has 0 spiro atoms. The first-order valence-corrected chi connectivity index (χ1v) is 4.06. The van der Waals surface area contributed by atoms with E-state index in [1.54, 1.807) is 0 Å². The number of carboxylic acid groups (broad SMARTS) is 1. The van der Waals surface area contributed by atoms with Gasteiger partial charge in [0.1, 0.15) is 0 Å². The molecule has 0 rings (SSSR count). The minimum atomic E-state index is -0.705. The summed E-state index contributed by atoms with van der Waals surface area (Å²) in [5.41, 5.74) is 0. The van der Waals surface area contributed by atoms with Crippen molar-refractivity contribution in [3.05, 3.63) is 0 Å². The van der Waals surface area contributed by atoms with Crippen molar-refractivity contribution in [3.8, 4) is 0 Å². The van der Waals surface area contributed by atoms with Crippen molar-refractivity contribution < 1.29 is 9.90 Å². The maximum absolute atomic E-state index is 10.1. The molecule has 0 aromatic rings. The highest BCUT2D eigenvalue weighted by molar-refractivity contribution is 9.09. The molecule has 0 saturated carbocycles. The van der Waals surface area contributed by atoms with E-state index < -0.39 is 5.97 Å². The Bertz CT molecular complexity index is 93.1. The Labute approximate surface area is 63.4 Å². The van der Waals surface area contributed by atoms with E-state index in [0.717, 1.165) is 11.8 Å². The van der Waals surface area contributed by atoms with Gasteiger partial charge in [-0.2, -0.15) is 0 Å². The van der Waals surface area contributed by atoms with Crippen molar-refractivity contribution in [1.82, 2.24) is 0 Å². The number of carbonyl (C=O) groups is 1. The molecule has 0 aliphatic carbocycles. The molecule has 0 bridgehead atoms. The molecular weight excluding hydrogens is 184 g/mol. The second-order valence-electron chi connectivity index (χ2n) is 2.18. The third-order valence-corrected chi connectivity index (χ3v) is 1.58. The van der Waals surface area contributed by atoms with Gasteiger partial charge in [0, 0.05) is 11.8 Å². The minimum absolute atomic E-state index is 0.283. The lowest BCUT2D eigenvalue weighted by molar-refractivity contribution is -0.137. The summed E-state index contributed by atoms with van der Waals surface area (Å²) in [5, 5.41) is 9.19. The van der Waals surface area contributed by atoms with Crippen molar-refractivity contribution in [2.75, 3.05) is 5.33 Å². The lowest BCUT2D eigenvalue weighted by Crippen LogP contribution is -2.04. The number of rotatable bonds is 4. The highest BCUT2D eigenvalue weighted by Gasteiger charge is 2.05. The summed E-state index contributed by atoms with van der Waals surface area (Å²) in [6.45, 7) is 1.94. The Balaban J connectivity index is 3.26. The number of aliphatic carboxylic acids is 1. The molecule has 0 aromatic carbocycles. The third kappa shape index (κ3) is 5.83. The van der Waals surface area contributed by atoms with Gasteiger partial charge in [0.05, 0.1) is 0 Å². The summed E-state index contributed by atoms with van der Waals surface area (Å²) in [7, 11) is 0. The second kappa shape index (κ2) is 4.79. The molecule has 0 saturated heterocycles. The molecule has 0 fully saturated rings.